The molecule has 184 valence electrons. The highest BCUT2D eigenvalue weighted by atomic mass is 16.5. The van der Waals surface area contributed by atoms with Crippen molar-refractivity contribution < 1.29 is 19.4 Å². The average molecular weight is 475 g/mol. The van der Waals surface area contributed by atoms with Crippen LogP contribution < -0.4 is 14.8 Å². The maximum Gasteiger partial charge on any atom is 0.238 e. The Balaban J connectivity index is 1.46. The van der Waals surface area contributed by atoms with E-state index in [4.69, 9.17) is 9.47 Å². The van der Waals surface area contributed by atoms with Gasteiger partial charge in [0, 0.05) is 35.1 Å². The van der Waals surface area contributed by atoms with Gasteiger partial charge >= 0.3 is 0 Å². The maximum absolute atomic E-state index is 13.3. The number of ether oxygens (including phenoxy) is 2. The molecular weight excluding hydrogens is 440 g/mol. The number of benzene rings is 3. The van der Waals surface area contributed by atoms with Crippen LogP contribution in [0.2, 0.25) is 0 Å². The summed E-state index contributed by atoms with van der Waals surface area (Å²) in [5.41, 5.74) is 1.06. The van der Waals surface area contributed by atoms with Crippen LogP contribution in [0.1, 0.15) is 43.7 Å². The normalized spacial score (nSPS) is 24.5. The third-order valence-corrected chi connectivity index (χ3v) is 7.84. The van der Waals surface area contributed by atoms with Gasteiger partial charge in [-0.3, -0.25) is 9.69 Å². The number of piperidine rings is 1. The second-order valence-electron chi connectivity index (χ2n) is 9.80. The van der Waals surface area contributed by atoms with Crippen molar-refractivity contribution in [2.75, 3.05) is 32.6 Å². The molecule has 2 N–H and O–H groups in total. The molecule has 1 saturated carbocycles. The molecule has 1 amide bonds. The summed E-state index contributed by atoms with van der Waals surface area (Å²) in [5.74, 6) is 1.46. The fourth-order valence-electron chi connectivity index (χ4n) is 6.11. The SMILES string of the molecule is COc1ccc(OC)c([C@@H]2[C@@H]3CCCC[C@]3(O)CCN2CC(=O)Nc2cccc3ccccc23)c1. The highest BCUT2D eigenvalue weighted by Crippen LogP contribution is 2.51. The van der Waals surface area contributed by atoms with E-state index in [0.717, 1.165) is 59.2 Å². The van der Waals surface area contributed by atoms with Crippen LogP contribution in [-0.4, -0.2) is 48.8 Å². The molecular formula is C29H34N2O4. The molecule has 0 bridgehead atoms. The van der Waals surface area contributed by atoms with Crippen LogP contribution in [0.5, 0.6) is 11.5 Å². The lowest BCUT2D eigenvalue weighted by Gasteiger charge is -2.52. The molecule has 0 unspecified atom stereocenters. The summed E-state index contributed by atoms with van der Waals surface area (Å²) < 4.78 is 11.3. The number of likely N-dealkylation sites (tertiary alicyclic amines) is 1. The number of carbonyl (C=O) groups is 1. The molecule has 5 rings (SSSR count). The molecule has 3 atom stereocenters. The molecule has 1 aliphatic carbocycles. The molecule has 0 radical (unpaired) electrons. The summed E-state index contributed by atoms with van der Waals surface area (Å²) in [5, 5.41) is 16.9. The zero-order valence-electron chi connectivity index (χ0n) is 20.5. The van der Waals surface area contributed by atoms with E-state index in [9.17, 15) is 9.90 Å². The van der Waals surface area contributed by atoms with Crippen LogP contribution >= 0.6 is 0 Å². The fraction of sp³-hybridized carbons (Fsp3) is 0.414. The van der Waals surface area contributed by atoms with Gasteiger partial charge in [0.05, 0.1) is 26.4 Å². The Hall–Kier alpha value is -3.09. The molecule has 3 aromatic carbocycles. The predicted octanol–water partition coefficient (Wildman–Crippen LogP) is 5.16. The maximum atomic E-state index is 13.3. The molecule has 6 heteroatoms. The van der Waals surface area contributed by atoms with Gasteiger partial charge in [-0.1, -0.05) is 49.2 Å². The van der Waals surface area contributed by atoms with Crippen LogP contribution in [0.25, 0.3) is 10.8 Å². The summed E-state index contributed by atoms with van der Waals surface area (Å²) in [7, 11) is 3.32. The predicted molar refractivity (Wildman–Crippen MR) is 138 cm³/mol. The van der Waals surface area contributed by atoms with Crippen molar-refractivity contribution in [3.05, 3.63) is 66.2 Å². The first-order valence-electron chi connectivity index (χ1n) is 12.5. The van der Waals surface area contributed by atoms with Crippen molar-refractivity contribution in [3.8, 4) is 11.5 Å². The van der Waals surface area contributed by atoms with Crippen LogP contribution in [0, 0.1) is 5.92 Å². The molecule has 3 aromatic rings. The summed E-state index contributed by atoms with van der Waals surface area (Å²) in [6, 6.07) is 19.7. The summed E-state index contributed by atoms with van der Waals surface area (Å²) in [6.45, 7) is 0.877. The average Bonchev–Trinajstić information content (AvgIpc) is 2.88. The second-order valence-corrected chi connectivity index (χ2v) is 9.80. The van der Waals surface area contributed by atoms with E-state index in [2.05, 4.69) is 10.2 Å². The van der Waals surface area contributed by atoms with Crippen LogP contribution in [0.3, 0.4) is 0 Å². The molecule has 0 aromatic heterocycles. The van der Waals surface area contributed by atoms with Gasteiger partial charge in [0.25, 0.3) is 0 Å². The Morgan fingerprint density at radius 1 is 1.06 bits per heavy atom. The number of rotatable bonds is 6. The van der Waals surface area contributed by atoms with E-state index in [0.29, 0.717) is 13.0 Å². The zero-order chi connectivity index (χ0) is 24.4. The summed E-state index contributed by atoms with van der Waals surface area (Å²) >= 11 is 0. The van der Waals surface area contributed by atoms with Crippen molar-refractivity contribution in [2.24, 2.45) is 5.92 Å². The molecule has 6 nitrogen and oxygen atoms in total. The van der Waals surface area contributed by atoms with Gasteiger partial charge in [-0.15, -0.1) is 0 Å². The topological polar surface area (TPSA) is 71.0 Å². The number of nitrogens with one attached hydrogen (secondary N) is 1. The fourth-order valence-corrected chi connectivity index (χ4v) is 6.11. The number of carbonyl (C=O) groups excluding carboxylic acids is 1. The highest BCUT2D eigenvalue weighted by molar-refractivity contribution is 6.02. The summed E-state index contributed by atoms with van der Waals surface area (Å²) in [6.07, 6.45) is 4.50. The van der Waals surface area contributed by atoms with Gasteiger partial charge < -0.3 is 19.9 Å². The standard InChI is InChI=1S/C29H34N2O4/c1-34-21-13-14-26(35-2)23(18-21)28-24-11-5-6-15-29(24,33)16-17-31(28)19-27(32)30-25-12-7-9-20-8-3-4-10-22(20)25/h3-4,7-10,12-14,18,24,28,33H,5-6,11,15-17,19H2,1-2H3,(H,30,32)/t24-,28+,29-/m0/s1. The Bertz CT molecular complexity index is 1210. The van der Waals surface area contributed by atoms with E-state index in [-0.39, 0.29) is 24.4 Å². The van der Waals surface area contributed by atoms with Crippen molar-refractivity contribution in [3.63, 3.8) is 0 Å². The molecule has 2 aliphatic rings. The first-order chi connectivity index (χ1) is 17.0. The van der Waals surface area contributed by atoms with E-state index in [1.165, 1.54) is 0 Å². The Morgan fingerprint density at radius 2 is 1.89 bits per heavy atom. The zero-order valence-corrected chi connectivity index (χ0v) is 20.5. The number of methoxy groups -OCH3 is 2. The minimum absolute atomic E-state index is 0.0244. The minimum Gasteiger partial charge on any atom is -0.497 e. The van der Waals surface area contributed by atoms with Gasteiger partial charge in [-0.2, -0.15) is 0 Å². The van der Waals surface area contributed by atoms with Crippen LogP contribution in [0.4, 0.5) is 5.69 Å². The lowest BCUT2D eigenvalue weighted by Crippen LogP contribution is -2.56. The summed E-state index contributed by atoms with van der Waals surface area (Å²) in [4.78, 5) is 15.6. The smallest absolute Gasteiger partial charge is 0.238 e. The van der Waals surface area contributed by atoms with Gasteiger partial charge in [-0.05, 0) is 48.9 Å². The number of amides is 1. The largest absolute Gasteiger partial charge is 0.497 e. The molecule has 0 spiro atoms. The third kappa shape index (κ3) is 4.60. The van der Waals surface area contributed by atoms with Crippen molar-refractivity contribution in [1.82, 2.24) is 4.90 Å². The van der Waals surface area contributed by atoms with Crippen molar-refractivity contribution in [1.29, 1.82) is 0 Å². The quantitative estimate of drug-likeness (QED) is 0.516. The first kappa shape index (κ1) is 23.6. The molecule has 1 aliphatic heterocycles. The Morgan fingerprint density at radius 3 is 2.71 bits per heavy atom. The lowest BCUT2D eigenvalue weighted by molar-refractivity contribution is -0.135. The van der Waals surface area contributed by atoms with E-state index in [1.807, 2.05) is 60.7 Å². The molecule has 2 fully saturated rings. The Kier molecular flexibility index (Phi) is 6.67. The minimum atomic E-state index is -0.723. The second kappa shape index (κ2) is 9.88. The number of aliphatic hydroxyl groups is 1. The van der Waals surface area contributed by atoms with Crippen molar-refractivity contribution in [2.45, 2.75) is 43.7 Å². The Labute approximate surface area is 206 Å². The van der Waals surface area contributed by atoms with Crippen LogP contribution in [0.15, 0.2) is 60.7 Å². The number of hydrogen-bond acceptors (Lipinski definition) is 5. The number of hydrogen-bond donors (Lipinski definition) is 2. The number of fused-ring (bicyclic) bond motifs is 2. The monoisotopic (exact) mass is 474 g/mol. The highest BCUT2D eigenvalue weighted by Gasteiger charge is 2.50. The third-order valence-electron chi connectivity index (χ3n) is 7.84. The molecule has 1 saturated heterocycles. The van der Waals surface area contributed by atoms with Gasteiger partial charge in [0.1, 0.15) is 11.5 Å². The number of anilines is 1. The van der Waals surface area contributed by atoms with Crippen molar-refractivity contribution >= 4 is 22.4 Å². The molecule has 1 heterocycles. The van der Waals surface area contributed by atoms with Gasteiger partial charge in [0.15, 0.2) is 0 Å². The van der Waals surface area contributed by atoms with Gasteiger partial charge in [0.2, 0.25) is 5.91 Å². The van der Waals surface area contributed by atoms with Gasteiger partial charge in [-0.25, -0.2) is 0 Å². The van der Waals surface area contributed by atoms with Crippen LogP contribution in [-0.2, 0) is 4.79 Å². The first-order valence-corrected chi connectivity index (χ1v) is 12.5. The van der Waals surface area contributed by atoms with E-state index < -0.39 is 5.60 Å². The number of nitrogens with zero attached hydrogens (tertiary/aromatic N) is 1. The van der Waals surface area contributed by atoms with E-state index in [1.54, 1.807) is 14.2 Å². The lowest BCUT2D eigenvalue weighted by atomic mass is 9.66. The molecule has 35 heavy (non-hydrogen) atoms. The van der Waals surface area contributed by atoms with E-state index >= 15 is 0 Å².